The zero-order chi connectivity index (χ0) is 11.4. The van der Waals surface area contributed by atoms with Crippen LogP contribution in [-0.4, -0.2) is 22.3 Å². The summed E-state index contributed by atoms with van der Waals surface area (Å²) in [5.41, 5.74) is 0.590. The van der Waals surface area contributed by atoms with Gasteiger partial charge in [0.25, 0.3) is 5.91 Å². The van der Waals surface area contributed by atoms with E-state index in [0.717, 1.165) is 5.75 Å². The molecule has 0 aliphatic carbocycles. The van der Waals surface area contributed by atoms with Gasteiger partial charge < -0.3 is 4.74 Å². The molecule has 0 atom stereocenters. The van der Waals surface area contributed by atoms with Crippen LogP contribution in [0.25, 0.3) is 0 Å². The highest BCUT2D eigenvalue weighted by Gasteiger charge is 2.07. The van der Waals surface area contributed by atoms with E-state index in [0.29, 0.717) is 12.2 Å². The third kappa shape index (κ3) is 2.11. The number of hydrogen-bond acceptors (Lipinski definition) is 3. The molecule has 4 nitrogen and oxygen atoms in total. The lowest BCUT2D eigenvalue weighted by molar-refractivity contribution is 0.0945. The molecule has 82 valence electrons. The minimum Gasteiger partial charge on any atom is -0.494 e. The van der Waals surface area contributed by atoms with Crippen molar-refractivity contribution in [3.8, 4) is 5.75 Å². The molecule has 16 heavy (non-hydrogen) atoms. The molecule has 0 spiro atoms. The van der Waals surface area contributed by atoms with Gasteiger partial charge in [0.2, 0.25) is 0 Å². The lowest BCUT2D eigenvalue weighted by Gasteiger charge is -2.04. The molecule has 1 aromatic heterocycles. The van der Waals surface area contributed by atoms with E-state index in [4.69, 9.17) is 4.74 Å². The van der Waals surface area contributed by atoms with Crippen LogP contribution in [0, 0.1) is 0 Å². The van der Waals surface area contributed by atoms with Crippen molar-refractivity contribution in [3.05, 3.63) is 48.3 Å². The Labute approximate surface area is 93.5 Å². The van der Waals surface area contributed by atoms with Crippen molar-refractivity contribution in [3.63, 3.8) is 0 Å². The van der Waals surface area contributed by atoms with Crippen molar-refractivity contribution in [2.75, 3.05) is 6.61 Å². The van der Waals surface area contributed by atoms with Gasteiger partial charge in [0.15, 0.2) is 0 Å². The van der Waals surface area contributed by atoms with Crippen molar-refractivity contribution < 1.29 is 9.53 Å². The SMILES string of the molecule is CCOc1ccc(C(=O)n2cccn2)cc1. The van der Waals surface area contributed by atoms with E-state index in [1.165, 1.54) is 4.68 Å². The van der Waals surface area contributed by atoms with Crippen LogP contribution in [0.2, 0.25) is 0 Å². The zero-order valence-electron chi connectivity index (χ0n) is 8.96. The number of hydrogen-bond donors (Lipinski definition) is 0. The van der Waals surface area contributed by atoms with Gasteiger partial charge >= 0.3 is 0 Å². The average molecular weight is 216 g/mol. The van der Waals surface area contributed by atoms with E-state index in [2.05, 4.69) is 5.10 Å². The number of ether oxygens (including phenoxy) is 1. The number of carbonyl (C=O) groups is 1. The van der Waals surface area contributed by atoms with Gasteiger partial charge in [-0.05, 0) is 37.3 Å². The Balaban J connectivity index is 2.19. The highest BCUT2D eigenvalue weighted by atomic mass is 16.5. The Morgan fingerprint density at radius 1 is 1.38 bits per heavy atom. The normalized spacial score (nSPS) is 10.1. The lowest BCUT2D eigenvalue weighted by atomic mass is 10.2. The molecule has 0 bridgehead atoms. The first kappa shape index (κ1) is 10.4. The van der Waals surface area contributed by atoms with Crippen molar-refractivity contribution in [2.24, 2.45) is 0 Å². The minimum atomic E-state index is -0.145. The van der Waals surface area contributed by atoms with E-state index >= 15 is 0 Å². The van der Waals surface area contributed by atoms with E-state index in [1.54, 1.807) is 42.7 Å². The fourth-order valence-electron chi connectivity index (χ4n) is 1.38. The molecule has 0 N–H and O–H groups in total. The van der Waals surface area contributed by atoms with Crippen molar-refractivity contribution in [2.45, 2.75) is 6.92 Å². The highest BCUT2D eigenvalue weighted by molar-refractivity contribution is 5.95. The second-order valence-corrected chi connectivity index (χ2v) is 3.21. The van der Waals surface area contributed by atoms with Crippen LogP contribution < -0.4 is 4.74 Å². The first-order valence-electron chi connectivity index (χ1n) is 5.08. The van der Waals surface area contributed by atoms with Gasteiger partial charge in [0.1, 0.15) is 5.75 Å². The van der Waals surface area contributed by atoms with Crippen molar-refractivity contribution >= 4 is 5.91 Å². The first-order valence-corrected chi connectivity index (χ1v) is 5.08. The molecule has 0 fully saturated rings. The van der Waals surface area contributed by atoms with Crippen LogP contribution in [-0.2, 0) is 0 Å². The lowest BCUT2D eigenvalue weighted by Crippen LogP contribution is -2.12. The summed E-state index contributed by atoms with van der Waals surface area (Å²) >= 11 is 0. The zero-order valence-corrected chi connectivity index (χ0v) is 8.96. The van der Waals surface area contributed by atoms with Crippen LogP contribution in [0.5, 0.6) is 5.75 Å². The highest BCUT2D eigenvalue weighted by Crippen LogP contribution is 2.12. The summed E-state index contributed by atoms with van der Waals surface area (Å²) < 4.78 is 6.60. The molecular formula is C12H12N2O2. The molecule has 0 saturated carbocycles. The summed E-state index contributed by atoms with van der Waals surface area (Å²) in [5, 5.41) is 3.89. The first-order chi connectivity index (χ1) is 7.81. The number of benzene rings is 1. The fourth-order valence-corrected chi connectivity index (χ4v) is 1.38. The molecule has 0 aliphatic heterocycles. The van der Waals surface area contributed by atoms with Crippen LogP contribution in [0.3, 0.4) is 0 Å². The van der Waals surface area contributed by atoms with Gasteiger partial charge in [-0.2, -0.15) is 5.10 Å². The van der Waals surface area contributed by atoms with Gasteiger partial charge in [-0.1, -0.05) is 0 Å². The molecule has 1 heterocycles. The van der Waals surface area contributed by atoms with E-state index in [1.807, 2.05) is 6.92 Å². The second kappa shape index (κ2) is 4.61. The van der Waals surface area contributed by atoms with E-state index < -0.39 is 0 Å². The predicted molar refractivity (Wildman–Crippen MR) is 59.6 cm³/mol. The molecule has 2 aromatic rings. The van der Waals surface area contributed by atoms with E-state index in [9.17, 15) is 4.79 Å². The molecule has 2 rings (SSSR count). The number of nitrogens with zero attached hydrogens (tertiary/aromatic N) is 2. The third-order valence-corrected chi connectivity index (χ3v) is 2.12. The Morgan fingerprint density at radius 3 is 2.69 bits per heavy atom. The monoisotopic (exact) mass is 216 g/mol. The molecule has 0 saturated heterocycles. The number of aromatic nitrogens is 2. The van der Waals surface area contributed by atoms with Crippen molar-refractivity contribution in [1.82, 2.24) is 9.78 Å². The summed E-state index contributed by atoms with van der Waals surface area (Å²) in [6.45, 7) is 2.54. The number of carbonyl (C=O) groups excluding carboxylic acids is 1. The van der Waals surface area contributed by atoms with Gasteiger partial charge in [-0.25, -0.2) is 4.68 Å². The summed E-state index contributed by atoms with van der Waals surface area (Å²) in [5.74, 6) is 0.618. The smallest absolute Gasteiger partial charge is 0.278 e. The quantitative estimate of drug-likeness (QED) is 0.787. The maximum absolute atomic E-state index is 11.8. The summed E-state index contributed by atoms with van der Waals surface area (Å²) in [7, 11) is 0. The van der Waals surface area contributed by atoms with Gasteiger partial charge in [-0.15, -0.1) is 0 Å². The molecule has 0 amide bonds. The fraction of sp³-hybridized carbons (Fsp3) is 0.167. The third-order valence-electron chi connectivity index (χ3n) is 2.12. The van der Waals surface area contributed by atoms with E-state index in [-0.39, 0.29) is 5.91 Å². The number of rotatable bonds is 3. The molecule has 0 unspecified atom stereocenters. The minimum absolute atomic E-state index is 0.145. The molecule has 0 aliphatic rings. The largest absolute Gasteiger partial charge is 0.494 e. The topological polar surface area (TPSA) is 44.1 Å². The Kier molecular flexibility index (Phi) is 3.00. The van der Waals surface area contributed by atoms with Crippen LogP contribution in [0.1, 0.15) is 17.3 Å². The Morgan fingerprint density at radius 2 is 2.12 bits per heavy atom. The van der Waals surface area contributed by atoms with Gasteiger partial charge in [0, 0.05) is 18.0 Å². The maximum Gasteiger partial charge on any atom is 0.278 e. The van der Waals surface area contributed by atoms with Gasteiger partial charge in [0.05, 0.1) is 6.61 Å². The molecule has 4 heteroatoms. The summed E-state index contributed by atoms with van der Waals surface area (Å²) in [6.07, 6.45) is 3.20. The molecule has 1 aromatic carbocycles. The van der Waals surface area contributed by atoms with Crippen LogP contribution in [0.15, 0.2) is 42.7 Å². The Bertz CT molecular complexity index is 460. The predicted octanol–water partition coefficient (Wildman–Crippen LogP) is 1.97. The molecule has 0 radical (unpaired) electrons. The average Bonchev–Trinajstić information content (AvgIpc) is 2.83. The standard InChI is InChI=1S/C12H12N2O2/c1-2-16-11-6-4-10(5-7-11)12(15)14-9-3-8-13-14/h3-9H,2H2,1H3. The van der Waals surface area contributed by atoms with Crippen LogP contribution in [0.4, 0.5) is 0 Å². The summed E-state index contributed by atoms with van der Waals surface area (Å²) in [4.78, 5) is 11.8. The van der Waals surface area contributed by atoms with Gasteiger partial charge in [-0.3, -0.25) is 4.79 Å². The second-order valence-electron chi connectivity index (χ2n) is 3.21. The maximum atomic E-state index is 11.8. The Hall–Kier alpha value is -2.10. The molecular weight excluding hydrogens is 204 g/mol. The van der Waals surface area contributed by atoms with Crippen LogP contribution >= 0.6 is 0 Å². The van der Waals surface area contributed by atoms with Crippen molar-refractivity contribution in [1.29, 1.82) is 0 Å². The summed E-state index contributed by atoms with van der Waals surface area (Å²) in [6, 6.07) is 8.73.